The second-order valence-corrected chi connectivity index (χ2v) is 15.8. The van der Waals surface area contributed by atoms with E-state index in [0.29, 0.717) is 35.5 Å². The number of nitrogens with two attached hydrogens (primary N) is 1. The molecule has 2 aromatic rings. The first-order chi connectivity index (χ1) is 22.6. The van der Waals surface area contributed by atoms with E-state index in [1.165, 1.54) is 49.4 Å². The van der Waals surface area contributed by atoms with Gasteiger partial charge < -0.3 is 29.4 Å². The molecule has 0 spiro atoms. The number of nitrogens with zero attached hydrogens (tertiary/aromatic N) is 4. The number of anilines is 1. The molecule has 2 N–H and O–H groups in total. The number of fused-ring (bicyclic) bond motifs is 1. The number of nitrogen functional groups attached to an aromatic ring is 1. The normalized spacial score (nSPS) is 42.4. The van der Waals surface area contributed by atoms with Crippen LogP contribution in [0.3, 0.4) is 0 Å². The van der Waals surface area contributed by atoms with Crippen LogP contribution in [0.25, 0.3) is 11.2 Å². The monoisotopic (exact) mass is 649 g/mol. The zero-order chi connectivity index (χ0) is 32.1. The predicted octanol–water partition coefficient (Wildman–Crippen LogP) is 5.45. The van der Waals surface area contributed by atoms with Crippen molar-refractivity contribution in [3.63, 3.8) is 0 Å². The number of terminal acetylenes is 1. The van der Waals surface area contributed by atoms with Crippen molar-refractivity contribution in [2.24, 2.45) is 35.5 Å². The Hall–Kier alpha value is -3.66. The highest BCUT2D eigenvalue weighted by molar-refractivity contribution is 5.81. The largest absolute Gasteiger partial charge is 0.509 e. The molecule has 3 heterocycles. The SMILES string of the molecule is C#C[C@]1(COC(=O)OC23CC4CC(CC(C4)C2)C3)O[C@@H](n2cnc3c(N)nc(F)nc32)C[C@@H]1OC(=O)OC12CC3CC(CC(C3)C1)C2. The Morgan fingerprint density at radius 2 is 1.43 bits per heavy atom. The highest BCUT2D eigenvalue weighted by Gasteiger charge is 2.57. The molecule has 250 valence electrons. The molecule has 0 unspecified atom stereocenters. The Morgan fingerprint density at radius 3 is 1.96 bits per heavy atom. The molecule has 12 nitrogen and oxygen atoms in total. The Kier molecular flexibility index (Phi) is 6.53. The standard InChI is InChI=1S/C34H40FN5O7/c1-2-34(16-43-30(41)46-32-10-18-3-19(11-32)5-20(4-18)12-32)24(9-25(45-34)40-17-37-26-27(36)38-29(35)39-28(26)40)44-31(42)47-33-13-21-6-22(14-33)8-23(7-21)15-33/h1,17-25H,3-16H2,(H2,36,38,39)/t18?,19?,20?,21?,22?,23?,24-,25+,32?,33?,34+/m0/s1. The predicted molar refractivity (Wildman–Crippen MR) is 162 cm³/mol. The number of hydrogen-bond donors (Lipinski definition) is 1. The lowest BCUT2D eigenvalue weighted by molar-refractivity contribution is -0.161. The van der Waals surface area contributed by atoms with E-state index in [-0.39, 0.29) is 23.4 Å². The molecule has 47 heavy (non-hydrogen) atoms. The molecule has 0 aromatic carbocycles. The topological polar surface area (TPSA) is 150 Å². The zero-order valence-electron chi connectivity index (χ0n) is 26.3. The van der Waals surface area contributed by atoms with Gasteiger partial charge in [-0.2, -0.15) is 14.4 Å². The van der Waals surface area contributed by atoms with Crippen molar-refractivity contribution in [1.29, 1.82) is 0 Å². The van der Waals surface area contributed by atoms with Gasteiger partial charge in [-0.25, -0.2) is 14.6 Å². The van der Waals surface area contributed by atoms with Gasteiger partial charge in [-0.1, -0.05) is 5.92 Å². The minimum absolute atomic E-state index is 0.0323. The molecule has 8 bridgehead atoms. The van der Waals surface area contributed by atoms with Crippen LogP contribution in [0.1, 0.15) is 89.7 Å². The molecule has 3 atom stereocenters. The van der Waals surface area contributed by atoms with Crippen LogP contribution in [0.4, 0.5) is 19.8 Å². The van der Waals surface area contributed by atoms with Crippen molar-refractivity contribution < 1.29 is 37.7 Å². The van der Waals surface area contributed by atoms with Crippen LogP contribution >= 0.6 is 0 Å². The lowest BCUT2D eigenvalue weighted by Gasteiger charge is -2.55. The van der Waals surface area contributed by atoms with E-state index in [9.17, 15) is 14.0 Å². The van der Waals surface area contributed by atoms with Crippen molar-refractivity contribution in [2.45, 2.75) is 113 Å². The van der Waals surface area contributed by atoms with E-state index < -0.39 is 54.1 Å². The maximum absolute atomic E-state index is 14.2. The summed E-state index contributed by atoms with van der Waals surface area (Å²) in [5.41, 5.74) is 3.42. The number of imidazole rings is 1. The number of aromatic nitrogens is 4. The molecule has 0 radical (unpaired) electrons. The maximum Gasteiger partial charge on any atom is 0.509 e. The highest BCUT2D eigenvalue weighted by atomic mass is 19.1. The summed E-state index contributed by atoms with van der Waals surface area (Å²) in [7, 11) is 0. The van der Waals surface area contributed by atoms with Gasteiger partial charge in [-0.05, 0) is 113 Å². The lowest BCUT2D eigenvalue weighted by atomic mass is 9.54. The molecular weight excluding hydrogens is 609 g/mol. The lowest BCUT2D eigenvalue weighted by Crippen LogP contribution is -2.54. The number of halogens is 1. The van der Waals surface area contributed by atoms with Crippen molar-refractivity contribution in [3.8, 4) is 12.3 Å². The fourth-order valence-corrected chi connectivity index (χ4v) is 11.5. The molecule has 0 amide bonds. The summed E-state index contributed by atoms with van der Waals surface area (Å²) in [5, 5.41) is 0. The van der Waals surface area contributed by atoms with Crippen molar-refractivity contribution in [2.75, 3.05) is 12.3 Å². The van der Waals surface area contributed by atoms with Gasteiger partial charge >= 0.3 is 18.4 Å². The Morgan fingerprint density at radius 1 is 0.894 bits per heavy atom. The number of carbonyl (C=O) groups excluding carboxylic acids is 2. The van der Waals surface area contributed by atoms with Gasteiger partial charge in [-0.3, -0.25) is 4.57 Å². The molecule has 8 aliphatic carbocycles. The van der Waals surface area contributed by atoms with E-state index in [1.54, 1.807) is 0 Å². The molecule has 11 rings (SSSR count). The highest BCUT2D eigenvalue weighted by Crippen LogP contribution is 2.58. The van der Waals surface area contributed by atoms with Crippen LogP contribution in [0.5, 0.6) is 0 Å². The summed E-state index contributed by atoms with van der Waals surface area (Å²) in [4.78, 5) is 38.4. The second-order valence-electron chi connectivity index (χ2n) is 15.8. The van der Waals surface area contributed by atoms with Crippen LogP contribution in [0, 0.1) is 53.9 Å². The second kappa shape index (κ2) is 10.4. The number of hydrogen-bond acceptors (Lipinski definition) is 11. The van der Waals surface area contributed by atoms with Crippen LogP contribution < -0.4 is 5.73 Å². The fourth-order valence-electron chi connectivity index (χ4n) is 11.5. The van der Waals surface area contributed by atoms with Crippen LogP contribution in [-0.4, -0.2) is 61.3 Å². The van der Waals surface area contributed by atoms with Gasteiger partial charge in [0.05, 0.1) is 6.33 Å². The van der Waals surface area contributed by atoms with E-state index in [2.05, 4.69) is 20.9 Å². The molecule has 13 heteroatoms. The Balaban J connectivity index is 0.953. The summed E-state index contributed by atoms with van der Waals surface area (Å²) in [6, 6.07) is 0. The van der Waals surface area contributed by atoms with Crippen LogP contribution in [-0.2, 0) is 23.7 Å². The summed E-state index contributed by atoms with van der Waals surface area (Å²) < 4.78 is 45.9. The fraction of sp³-hybridized carbons (Fsp3) is 0.735. The van der Waals surface area contributed by atoms with Gasteiger partial charge in [0.1, 0.15) is 24.0 Å². The quantitative estimate of drug-likeness (QED) is 0.242. The maximum atomic E-state index is 14.2. The first kappa shape index (κ1) is 29.5. The minimum atomic E-state index is -1.70. The molecule has 1 saturated heterocycles. The molecule has 1 aliphatic heterocycles. The van der Waals surface area contributed by atoms with Crippen molar-refractivity contribution in [3.05, 3.63) is 12.4 Å². The van der Waals surface area contributed by atoms with Gasteiger partial charge in [0.25, 0.3) is 0 Å². The molecule has 9 aliphatic rings. The molecule has 9 fully saturated rings. The minimum Gasteiger partial charge on any atom is -0.430 e. The molecule has 2 aromatic heterocycles. The summed E-state index contributed by atoms with van der Waals surface area (Å²) in [5.74, 6) is 5.92. The smallest absolute Gasteiger partial charge is 0.430 e. The average Bonchev–Trinajstić information content (AvgIpc) is 3.56. The van der Waals surface area contributed by atoms with Crippen LogP contribution in [0.2, 0.25) is 0 Å². The van der Waals surface area contributed by atoms with E-state index >= 15 is 0 Å². The third-order valence-corrected chi connectivity index (χ3v) is 12.5. The summed E-state index contributed by atoms with van der Waals surface area (Å²) in [6.07, 6.45) is 15.1. The van der Waals surface area contributed by atoms with Gasteiger partial charge in [-0.15, -0.1) is 6.42 Å². The Labute approximate surface area is 271 Å². The van der Waals surface area contributed by atoms with E-state index in [4.69, 9.17) is 35.8 Å². The van der Waals surface area contributed by atoms with Crippen LogP contribution in [0.15, 0.2) is 6.33 Å². The zero-order valence-corrected chi connectivity index (χ0v) is 26.3. The Bertz CT molecular complexity index is 1600. The third-order valence-electron chi connectivity index (χ3n) is 12.5. The number of carbonyl (C=O) groups is 2. The van der Waals surface area contributed by atoms with E-state index in [1.807, 2.05) is 0 Å². The molecular formula is C34H40FN5O7. The summed E-state index contributed by atoms with van der Waals surface area (Å²) in [6.45, 7) is -0.432. The van der Waals surface area contributed by atoms with Crippen molar-refractivity contribution >= 4 is 29.3 Å². The third kappa shape index (κ3) is 5.00. The molecule has 8 saturated carbocycles. The first-order valence-electron chi connectivity index (χ1n) is 17.2. The van der Waals surface area contributed by atoms with Gasteiger partial charge in [0.2, 0.25) is 5.60 Å². The van der Waals surface area contributed by atoms with Gasteiger partial charge in [0, 0.05) is 6.42 Å². The number of ether oxygens (including phenoxy) is 5. The number of rotatable bonds is 6. The average molecular weight is 650 g/mol. The first-order valence-corrected chi connectivity index (χ1v) is 17.2. The van der Waals surface area contributed by atoms with Crippen molar-refractivity contribution in [1.82, 2.24) is 19.5 Å². The van der Waals surface area contributed by atoms with Gasteiger partial charge in [0.15, 0.2) is 23.1 Å². The summed E-state index contributed by atoms with van der Waals surface area (Å²) >= 11 is 0. The van der Waals surface area contributed by atoms with E-state index in [0.717, 1.165) is 38.5 Å².